The standard InChI is InChI=1S/C13H17N5O/c14-9-11-10(15)3-4-12(17-11)16-6-5-13(19)18-7-1-2-8-18/h3-4H,1-2,5-8,15H2,(H,16,17). The van der Waals surface area contributed by atoms with Crippen molar-refractivity contribution in [1.82, 2.24) is 9.88 Å². The van der Waals surface area contributed by atoms with Crippen molar-refractivity contribution in [2.75, 3.05) is 30.7 Å². The molecule has 2 rings (SSSR count). The van der Waals surface area contributed by atoms with Crippen LogP contribution in [0.4, 0.5) is 11.5 Å². The number of nitrogens with two attached hydrogens (primary N) is 1. The molecule has 2 heterocycles. The van der Waals surface area contributed by atoms with Gasteiger partial charge in [-0.05, 0) is 25.0 Å². The summed E-state index contributed by atoms with van der Waals surface area (Å²) in [7, 11) is 0. The number of hydrogen-bond acceptors (Lipinski definition) is 5. The smallest absolute Gasteiger partial charge is 0.224 e. The predicted molar refractivity (Wildman–Crippen MR) is 72.3 cm³/mol. The van der Waals surface area contributed by atoms with Gasteiger partial charge in [0.05, 0.1) is 5.69 Å². The van der Waals surface area contributed by atoms with Crippen molar-refractivity contribution in [3.8, 4) is 6.07 Å². The Balaban J connectivity index is 1.82. The Morgan fingerprint density at radius 3 is 2.89 bits per heavy atom. The fraction of sp³-hybridized carbons (Fsp3) is 0.462. The van der Waals surface area contributed by atoms with E-state index in [0.29, 0.717) is 24.5 Å². The number of likely N-dealkylation sites (tertiary alicyclic amines) is 1. The van der Waals surface area contributed by atoms with Gasteiger partial charge in [-0.2, -0.15) is 5.26 Å². The lowest BCUT2D eigenvalue weighted by atomic mass is 10.3. The molecule has 0 aliphatic carbocycles. The van der Waals surface area contributed by atoms with Crippen molar-refractivity contribution < 1.29 is 4.79 Å². The Morgan fingerprint density at radius 1 is 1.47 bits per heavy atom. The van der Waals surface area contributed by atoms with E-state index in [9.17, 15) is 4.79 Å². The highest BCUT2D eigenvalue weighted by molar-refractivity contribution is 5.76. The Morgan fingerprint density at radius 2 is 2.21 bits per heavy atom. The van der Waals surface area contributed by atoms with Crippen LogP contribution in [0, 0.1) is 11.3 Å². The molecule has 6 nitrogen and oxygen atoms in total. The first-order valence-electron chi connectivity index (χ1n) is 6.39. The minimum absolute atomic E-state index is 0.168. The Hall–Kier alpha value is -2.29. The number of nitrogen functional groups attached to an aromatic ring is 1. The summed E-state index contributed by atoms with van der Waals surface area (Å²) in [5, 5.41) is 11.9. The van der Waals surface area contributed by atoms with Crippen LogP contribution in [0.2, 0.25) is 0 Å². The van der Waals surface area contributed by atoms with E-state index in [0.717, 1.165) is 25.9 Å². The van der Waals surface area contributed by atoms with Crippen LogP contribution in [0.1, 0.15) is 25.0 Å². The highest BCUT2D eigenvalue weighted by Crippen LogP contribution is 2.12. The maximum Gasteiger partial charge on any atom is 0.224 e. The van der Waals surface area contributed by atoms with Gasteiger partial charge < -0.3 is 16.0 Å². The number of nitrogens with one attached hydrogen (secondary N) is 1. The minimum atomic E-state index is 0.168. The number of aromatic nitrogens is 1. The largest absolute Gasteiger partial charge is 0.396 e. The van der Waals surface area contributed by atoms with Crippen LogP contribution in [0.3, 0.4) is 0 Å². The highest BCUT2D eigenvalue weighted by atomic mass is 16.2. The van der Waals surface area contributed by atoms with Crippen molar-refractivity contribution in [2.45, 2.75) is 19.3 Å². The molecule has 100 valence electrons. The van der Waals surface area contributed by atoms with Gasteiger partial charge in [0.25, 0.3) is 0 Å². The van der Waals surface area contributed by atoms with Crippen LogP contribution in [0.15, 0.2) is 12.1 Å². The first kappa shape index (κ1) is 13.1. The number of hydrogen-bond donors (Lipinski definition) is 2. The quantitative estimate of drug-likeness (QED) is 0.839. The number of nitrogens with zero attached hydrogens (tertiary/aromatic N) is 3. The molecule has 6 heteroatoms. The van der Waals surface area contributed by atoms with Crippen LogP contribution in [0.5, 0.6) is 0 Å². The van der Waals surface area contributed by atoms with Crippen molar-refractivity contribution >= 4 is 17.4 Å². The lowest BCUT2D eigenvalue weighted by Gasteiger charge is -2.15. The molecule has 0 aromatic carbocycles. The molecule has 3 N–H and O–H groups in total. The molecule has 0 unspecified atom stereocenters. The van der Waals surface area contributed by atoms with Crippen LogP contribution < -0.4 is 11.1 Å². The molecule has 19 heavy (non-hydrogen) atoms. The van der Waals surface area contributed by atoms with E-state index in [2.05, 4.69) is 10.3 Å². The first-order chi connectivity index (χ1) is 9.20. The number of amides is 1. The van der Waals surface area contributed by atoms with Crippen LogP contribution in [0.25, 0.3) is 0 Å². The molecule has 0 bridgehead atoms. The zero-order chi connectivity index (χ0) is 13.7. The molecular weight excluding hydrogens is 242 g/mol. The maximum absolute atomic E-state index is 11.8. The fourth-order valence-electron chi connectivity index (χ4n) is 2.08. The van der Waals surface area contributed by atoms with E-state index in [1.165, 1.54) is 0 Å². The van der Waals surface area contributed by atoms with E-state index in [-0.39, 0.29) is 11.6 Å². The second-order valence-corrected chi connectivity index (χ2v) is 4.51. The summed E-state index contributed by atoms with van der Waals surface area (Å²) in [6.45, 7) is 2.26. The molecule has 1 aliphatic rings. The molecule has 1 aliphatic heterocycles. The average molecular weight is 259 g/mol. The lowest BCUT2D eigenvalue weighted by Crippen LogP contribution is -2.29. The normalized spacial score (nSPS) is 14.2. The number of anilines is 2. The SMILES string of the molecule is N#Cc1nc(NCCC(=O)N2CCCC2)ccc1N. The molecule has 0 saturated carbocycles. The third kappa shape index (κ3) is 3.35. The summed E-state index contributed by atoms with van der Waals surface area (Å²) >= 11 is 0. The molecule has 0 spiro atoms. The van der Waals surface area contributed by atoms with Crippen LogP contribution in [-0.4, -0.2) is 35.4 Å². The molecule has 1 aromatic rings. The van der Waals surface area contributed by atoms with E-state index in [1.54, 1.807) is 12.1 Å². The van der Waals surface area contributed by atoms with Gasteiger partial charge in [-0.15, -0.1) is 0 Å². The molecule has 1 amide bonds. The third-order valence-electron chi connectivity index (χ3n) is 3.14. The number of carbonyl (C=O) groups excluding carboxylic acids is 1. The predicted octanol–water partition coefficient (Wildman–Crippen LogP) is 0.960. The van der Waals surface area contributed by atoms with Crippen molar-refractivity contribution in [3.05, 3.63) is 17.8 Å². The number of nitriles is 1. The van der Waals surface area contributed by atoms with Crippen LogP contribution in [-0.2, 0) is 4.79 Å². The van der Waals surface area contributed by atoms with E-state index >= 15 is 0 Å². The topological polar surface area (TPSA) is 95.0 Å². The maximum atomic E-state index is 11.8. The highest BCUT2D eigenvalue weighted by Gasteiger charge is 2.17. The van der Waals surface area contributed by atoms with Crippen LogP contribution >= 0.6 is 0 Å². The number of rotatable bonds is 4. The second kappa shape index (κ2) is 6.05. The molecule has 1 fully saturated rings. The fourth-order valence-corrected chi connectivity index (χ4v) is 2.08. The monoisotopic (exact) mass is 259 g/mol. The molecule has 1 saturated heterocycles. The summed E-state index contributed by atoms with van der Waals surface area (Å²) in [6.07, 6.45) is 2.64. The summed E-state index contributed by atoms with van der Waals surface area (Å²) < 4.78 is 0. The third-order valence-corrected chi connectivity index (χ3v) is 3.14. The minimum Gasteiger partial charge on any atom is -0.396 e. The summed E-state index contributed by atoms with van der Waals surface area (Å²) in [6, 6.07) is 5.27. The molecule has 0 radical (unpaired) electrons. The lowest BCUT2D eigenvalue weighted by molar-refractivity contribution is -0.129. The van der Waals surface area contributed by atoms with Crippen molar-refractivity contribution in [3.63, 3.8) is 0 Å². The summed E-state index contributed by atoms with van der Waals surface area (Å²) in [4.78, 5) is 17.8. The van der Waals surface area contributed by atoms with Gasteiger partial charge in [0.2, 0.25) is 5.91 Å². The zero-order valence-electron chi connectivity index (χ0n) is 10.7. The van der Waals surface area contributed by atoms with Gasteiger partial charge in [0.1, 0.15) is 11.9 Å². The van der Waals surface area contributed by atoms with Gasteiger partial charge in [0.15, 0.2) is 5.69 Å². The van der Waals surface area contributed by atoms with Gasteiger partial charge in [0, 0.05) is 26.1 Å². The van der Waals surface area contributed by atoms with Crippen molar-refractivity contribution in [1.29, 1.82) is 5.26 Å². The molecule has 0 atom stereocenters. The first-order valence-corrected chi connectivity index (χ1v) is 6.39. The average Bonchev–Trinajstić information content (AvgIpc) is 2.94. The van der Waals surface area contributed by atoms with E-state index in [1.807, 2.05) is 11.0 Å². The van der Waals surface area contributed by atoms with E-state index < -0.39 is 0 Å². The van der Waals surface area contributed by atoms with Gasteiger partial charge in [-0.3, -0.25) is 4.79 Å². The number of carbonyl (C=O) groups is 1. The van der Waals surface area contributed by atoms with Crippen molar-refractivity contribution in [2.24, 2.45) is 0 Å². The summed E-state index contributed by atoms with van der Waals surface area (Å²) in [5.74, 6) is 0.737. The Labute approximate surface area is 112 Å². The molecule has 1 aromatic heterocycles. The van der Waals surface area contributed by atoms with Gasteiger partial charge in [-0.1, -0.05) is 0 Å². The molecular formula is C13H17N5O. The second-order valence-electron chi connectivity index (χ2n) is 4.51. The van der Waals surface area contributed by atoms with Gasteiger partial charge >= 0.3 is 0 Å². The Kier molecular flexibility index (Phi) is 4.18. The van der Waals surface area contributed by atoms with E-state index in [4.69, 9.17) is 11.0 Å². The summed E-state index contributed by atoms with van der Waals surface area (Å²) in [5.41, 5.74) is 6.15. The number of pyridine rings is 1. The Bertz CT molecular complexity index is 502. The zero-order valence-corrected chi connectivity index (χ0v) is 10.7. The van der Waals surface area contributed by atoms with Gasteiger partial charge in [-0.25, -0.2) is 4.98 Å².